The number of amides is 2. The van der Waals surface area contributed by atoms with Crippen LogP contribution in [0.5, 0.6) is 0 Å². The number of nitrogens with zero attached hydrogens (tertiary/aromatic N) is 6. The Balaban J connectivity index is 1.45. The van der Waals surface area contributed by atoms with Crippen LogP contribution in [0.1, 0.15) is 90.2 Å². The Kier molecular flexibility index (Phi) is 6.74. The van der Waals surface area contributed by atoms with Crippen LogP contribution in [-0.2, 0) is 18.6 Å². The summed E-state index contributed by atoms with van der Waals surface area (Å²) in [5.74, 6) is -0.000522. The zero-order chi connectivity index (χ0) is 27.5. The van der Waals surface area contributed by atoms with Gasteiger partial charge in [0.15, 0.2) is 5.82 Å². The fourth-order valence-corrected chi connectivity index (χ4v) is 5.44. The van der Waals surface area contributed by atoms with Crippen molar-refractivity contribution in [3.05, 3.63) is 74.5 Å². The van der Waals surface area contributed by atoms with Gasteiger partial charge in [-0.25, -0.2) is 9.97 Å². The van der Waals surface area contributed by atoms with E-state index in [1.807, 2.05) is 25.5 Å². The van der Waals surface area contributed by atoms with Gasteiger partial charge in [0.25, 0.3) is 11.8 Å². The normalized spacial score (nSPS) is 20.3. The number of rotatable bonds is 4. The zero-order valence-electron chi connectivity index (χ0n) is 21.9. The highest BCUT2D eigenvalue weighted by Gasteiger charge is 2.40. The van der Waals surface area contributed by atoms with E-state index in [0.717, 1.165) is 16.8 Å². The number of aromatic nitrogens is 4. The molecule has 0 bridgehead atoms. The Morgan fingerprint density at radius 2 is 1.82 bits per heavy atom. The molecule has 38 heavy (non-hydrogen) atoms. The predicted octanol–water partition coefficient (Wildman–Crippen LogP) is 4.57. The van der Waals surface area contributed by atoms with Gasteiger partial charge in [-0.05, 0) is 52.8 Å². The van der Waals surface area contributed by atoms with Crippen LogP contribution in [0.15, 0.2) is 30.6 Å². The molecule has 5 rings (SSSR count). The minimum atomic E-state index is -1.15. The molecule has 1 aromatic carbocycles. The van der Waals surface area contributed by atoms with Crippen molar-refractivity contribution in [1.29, 1.82) is 0 Å². The van der Waals surface area contributed by atoms with E-state index in [9.17, 15) is 14.7 Å². The zero-order valence-corrected chi connectivity index (χ0v) is 23.5. The molecule has 3 atom stereocenters. The van der Waals surface area contributed by atoms with Gasteiger partial charge >= 0.3 is 0 Å². The second kappa shape index (κ2) is 9.63. The average molecular weight is 557 g/mol. The van der Waals surface area contributed by atoms with Gasteiger partial charge in [-0.1, -0.05) is 23.2 Å². The molecule has 2 aromatic heterocycles. The predicted molar refractivity (Wildman–Crippen MR) is 143 cm³/mol. The Hall–Kier alpha value is -3.01. The van der Waals surface area contributed by atoms with Crippen LogP contribution in [0, 0.1) is 0 Å². The quantitative estimate of drug-likeness (QED) is 0.504. The van der Waals surface area contributed by atoms with E-state index in [2.05, 4.69) is 9.97 Å². The third kappa shape index (κ3) is 4.57. The SMILES string of the molecule is CC(c1cnc(C(C)(C)O)nc1)N1C[C@@H](C)n2nc3c(c2C1=O)CN(C(=O)c1ccc(Cl)c(Cl)c1)[C@H](C)C3. The van der Waals surface area contributed by atoms with Crippen molar-refractivity contribution >= 4 is 35.0 Å². The molecule has 4 heterocycles. The lowest BCUT2D eigenvalue weighted by Crippen LogP contribution is -2.45. The molecule has 11 heteroatoms. The summed E-state index contributed by atoms with van der Waals surface area (Å²) < 4.78 is 1.81. The lowest BCUT2D eigenvalue weighted by Gasteiger charge is -2.37. The van der Waals surface area contributed by atoms with Crippen LogP contribution < -0.4 is 0 Å². The van der Waals surface area contributed by atoms with E-state index in [0.29, 0.717) is 40.1 Å². The fraction of sp³-hybridized carbons (Fsp3) is 0.444. The largest absolute Gasteiger partial charge is 0.382 e. The van der Waals surface area contributed by atoms with E-state index >= 15 is 0 Å². The van der Waals surface area contributed by atoms with Crippen LogP contribution >= 0.6 is 23.2 Å². The Morgan fingerprint density at radius 1 is 1.13 bits per heavy atom. The van der Waals surface area contributed by atoms with Crippen LogP contribution in [0.3, 0.4) is 0 Å². The highest BCUT2D eigenvalue weighted by atomic mass is 35.5. The number of aliphatic hydroxyl groups is 1. The van der Waals surface area contributed by atoms with Crippen LogP contribution in [-0.4, -0.2) is 59.1 Å². The summed E-state index contributed by atoms with van der Waals surface area (Å²) in [6.07, 6.45) is 3.86. The topological polar surface area (TPSA) is 104 Å². The molecule has 200 valence electrons. The Morgan fingerprint density at radius 3 is 2.45 bits per heavy atom. The fourth-order valence-electron chi connectivity index (χ4n) is 5.14. The van der Waals surface area contributed by atoms with Crippen molar-refractivity contribution in [3.8, 4) is 0 Å². The molecule has 0 spiro atoms. The maximum Gasteiger partial charge on any atom is 0.273 e. The van der Waals surface area contributed by atoms with E-state index < -0.39 is 5.60 Å². The molecule has 2 aliphatic heterocycles. The number of carbonyl (C=O) groups is 2. The van der Waals surface area contributed by atoms with Gasteiger partial charge < -0.3 is 14.9 Å². The summed E-state index contributed by atoms with van der Waals surface area (Å²) in [5.41, 5.74) is 2.20. The molecule has 0 fully saturated rings. The van der Waals surface area contributed by atoms with E-state index in [1.54, 1.807) is 54.2 Å². The molecule has 3 aromatic rings. The second-order valence-electron chi connectivity index (χ2n) is 10.7. The maximum atomic E-state index is 13.9. The number of benzene rings is 1. The summed E-state index contributed by atoms with van der Waals surface area (Å²) in [7, 11) is 0. The van der Waals surface area contributed by atoms with Gasteiger partial charge in [0.1, 0.15) is 11.3 Å². The molecule has 2 aliphatic rings. The van der Waals surface area contributed by atoms with Gasteiger partial charge in [-0.3, -0.25) is 14.3 Å². The van der Waals surface area contributed by atoms with Crippen LogP contribution in [0.2, 0.25) is 10.0 Å². The van der Waals surface area contributed by atoms with Gasteiger partial charge in [0.2, 0.25) is 0 Å². The number of hydrogen-bond donors (Lipinski definition) is 1. The number of fused-ring (bicyclic) bond motifs is 3. The second-order valence-corrected chi connectivity index (χ2v) is 11.5. The molecule has 9 nitrogen and oxygen atoms in total. The lowest BCUT2D eigenvalue weighted by molar-refractivity contribution is 0.0570. The van der Waals surface area contributed by atoms with Gasteiger partial charge in [0, 0.05) is 48.1 Å². The lowest BCUT2D eigenvalue weighted by atomic mass is 9.96. The Labute approximate surface area is 231 Å². The monoisotopic (exact) mass is 556 g/mol. The van der Waals surface area contributed by atoms with Crippen molar-refractivity contribution in [3.63, 3.8) is 0 Å². The minimum absolute atomic E-state index is 0.0538. The summed E-state index contributed by atoms with van der Waals surface area (Å²) in [4.78, 5) is 39.5. The molecular weight excluding hydrogens is 527 g/mol. The summed E-state index contributed by atoms with van der Waals surface area (Å²) in [6.45, 7) is 9.95. The summed E-state index contributed by atoms with van der Waals surface area (Å²) in [6, 6.07) is 4.39. The molecule has 0 saturated carbocycles. The van der Waals surface area contributed by atoms with E-state index in [1.165, 1.54) is 0 Å². The molecule has 0 radical (unpaired) electrons. The first-order chi connectivity index (χ1) is 17.9. The summed E-state index contributed by atoms with van der Waals surface area (Å²) in [5, 5.41) is 15.7. The number of halogens is 2. The highest BCUT2D eigenvalue weighted by molar-refractivity contribution is 6.42. The van der Waals surface area contributed by atoms with Crippen molar-refractivity contribution in [1.82, 2.24) is 29.5 Å². The molecular formula is C27H30Cl2N6O3. The van der Waals surface area contributed by atoms with Crippen molar-refractivity contribution in [2.45, 2.75) is 71.3 Å². The van der Waals surface area contributed by atoms with Crippen molar-refractivity contribution in [2.75, 3.05) is 6.54 Å². The first kappa shape index (κ1) is 26.6. The third-order valence-electron chi connectivity index (χ3n) is 7.38. The standard InChI is InChI=1S/C27H30Cl2N6O3/c1-14-8-22-19(13-33(14)24(36)17-6-7-20(28)21(29)9-17)23-25(37)34(12-15(2)35(23)32-22)16(3)18-10-30-26(31-11-18)27(4,5)38/h6-7,9-11,14-16,38H,8,12-13H2,1-5H3/t14-,15-,16?/m1/s1. The Bertz CT molecular complexity index is 1420. The van der Waals surface area contributed by atoms with Crippen molar-refractivity contribution < 1.29 is 14.7 Å². The molecule has 1 N–H and O–H groups in total. The maximum absolute atomic E-state index is 13.9. The van der Waals surface area contributed by atoms with Crippen LogP contribution in [0.4, 0.5) is 0 Å². The molecule has 2 amide bonds. The molecule has 0 saturated heterocycles. The number of carbonyl (C=O) groups excluding carboxylic acids is 2. The van der Waals surface area contributed by atoms with Gasteiger partial charge in [0.05, 0.1) is 34.4 Å². The smallest absolute Gasteiger partial charge is 0.273 e. The highest BCUT2D eigenvalue weighted by Crippen LogP contribution is 2.35. The summed E-state index contributed by atoms with van der Waals surface area (Å²) >= 11 is 12.2. The van der Waals surface area contributed by atoms with E-state index in [4.69, 9.17) is 28.3 Å². The van der Waals surface area contributed by atoms with Gasteiger partial charge in [-0.15, -0.1) is 0 Å². The third-order valence-corrected chi connectivity index (χ3v) is 8.12. The van der Waals surface area contributed by atoms with Crippen molar-refractivity contribution in [2.24, 2.45) is 0 Å². The number of hydrogen-bond acceptors (Lipinski definition) is 6. The first-order valence-corrected chi connectivity index (χ1v) is 13.3. The van der Waals surface area contributed by atoms with Crippen LogP contribution in [0.25, 0.3) is 0 Å². The minimum Gasteiger partial charge on any atom is -0.382 e. The first-order valence-electron chi connectivity index (χ1n) is 12.6. The molecule has 1 unspecified atom stereocenters. The van der Waals surface area contributed by atoms with Gasteiger partial charge in [-0.2, -0.15) is 5.10 Å². The molecule has 0 aliphatic carbocycles. The average Bonchev–Trinajstić information content (AvgIpc) is 3.25. The van der Waals surface area contributed by atoms with E-state index in [-0.39, 0.29) is 36.5 Å².